The molecule has 0 spiro atoms. The molecule has 0 aromatic heterocycles. The van der Waals surface area contributed by atoms with Crippen LogP contribution in [0.15, 0.2) is 121 Å². The monoisotopic (exact) mass is 502 g/mol. The van der Waals surface area contributed by atoms with Crippen LogP contribution in [0.2, 0.25) is 0 Å². The summed E-state index contributed by atoms with van der Waals surface area (Å²) < 4.78 is 0. The third-order valence-corrected chi connectivity index (χ3v) is 9.21. The lowest BCUT2D eigenvalue weighted by Gasteiger charge is -2.42. The molecule has 0 N–H and O–H groups in total. The predicted octanol–water partition coefficient (Wildman–Crippen LogP) is 8.79. The second-order valence-corrected chi connectivity index (χ2v) is 11.2. The van der Waals surface area contributed by atoms with Crippen LogP contribution in [0.25, 0.3) is 0 Å². The van der Waals surface area contributed by atoms with Crippen LogP contribution in [-0.2, 0) is 20.6 Å². The maximum absolute atomic E-state index is 6.17. The molecule has 0 radical (unpaired) electrons. The Bertz CT molecular complexity index is 1070. The Morgan fingerprint density at radius 3 is 0.842 bits per heavy atom. The molecule has 38 heavy (non-hydrogen) atoms. The SMILES string of the molecule is c1ccc(C2(c3ccccc3)CCC(OOC3CCC(c4ccccc4)(c4ccccc4)CC3)CC2)cc1. The molecule has 0 atom stereocenters. The molecule has 0 bridgehead atoms. The van der Waals surface area contributed by atoms with Crippen LogP contribution < -0.4 is 0 Å². The first-order chi connectivity index (χ1) is 18.8. The van der Waals surface area contributed by atoms with Gasteiger partial charge in [-0.25, -0.2) is 9.78 Å². The van der Waals surface area contributed by atoms with Crippen molar-refractivity contribution in [2.75, 3.05) is 0 Å². The molecule has 0 saturated heterocycles. The van der Waals surface area contributed by atoms with Gasteiger partial charge in [0.25, 0.3) is 0 Å². The minimum atomic E-state index is 0.0538. The van der Waals surface area contributed by atoms with E-state index in [1.54, 1.807) is 0 Å². The first kappa shape index (κ1) is 25.1. The molecule has 4 aromatic rings. The second kappa shape index (κ2) is 11.3. The minimum Gasteiger partial charge on any atom is -0.233 e. The fourth-order valence-electron chi connectivity index (χ4n) is 7.03. The van der Waals surface area contributed by atoms with Crippen LogP contribution in [0.4, 0.5) is 0 Å². The van der Waals surface area contributed by atoms with E-state index in [1.807, 2.05) is 0 Å². The summed E-state index contributed by atoms with van der Waals surface area (Å²) in [5, 5.41) is 0. The summed E-state index contributed by atoms with van der Waals surface area (Å²) in [7, 11) is 0. The summed E-state index contributed by atoms with van der Waals surface area (Å²) in [5.74, 6) is 0. The zero-order valence-electron chi connectivity index (χ0n) is 22.2. The van der Waals surface area contributed by atoms with Gasteiger partial charge in [0.2, 0.25) is 0 Å². The van der Waals surface area contributed by atoms with Gasteiger partial charge in [0.1, 0.15) is 0 Å². The van der Waals surface area contributed by atoms with E-state index in [9.17, 15) is 0 Å². The highest BCUT2D eigenvalue weighted by Gasteiger charge is 2.41. The van der Waals surface area contributed by atoms with E-state index in [1.165, 1.54) is 22.3 Å². The fourth-order valence-corrected chi connectivity index (χ4v) is 7.03. The maximum atomic E-state index is 6.17. The molecule has 2 nitrogen and oxygen atoms in total. The van der Waals surface area contributed by atoms with Crippen LogP contribution >= 0.6 is 0 Å². The van der Waals surface area contributed by atoms with E-state index in [0.717, 1.165) is 51.4 Å². The van der Waals surface area contributed by atoms with Crippen LogP contribution in [0, 0.1) is 0 Å². The average molecular weight is 503 g/mol. The predicted molar refractivity (Wildman–Crippen MR) is 154 cm³/mol. The average Bonchev–Trinajstić information content (AvgIpc) is 3.02. The van der Waals surface area contributed by atoms with E-state index in [2.05, 4.69) is 121 Å². The molecule has 2 aliphatic rings. The molecular formula is C36H38O2. The van der Waals surface area contributed by atoms with Crippen LogP contribution in [0.3, 0.4) is 0 Å². The first-order valence-corrected chi connectivity index (χ1v) is 14.3. The highest BCUT2D eigenvalue weighted by molar-refractivity contribution is 5.41. The lowest BCUT2D eigenvalue weighted by atomic mass is 9.64. The summed E-state index contributed by atoms with van der Waals surface area (Å²) in [6, 6.07) is 44.1. The summed E-state index contributed by atoms with van der Waals surface area (Å²) in [5.41, 5.74) is 5.76. The number of rotatable bonds is 7. The van der Waals surface area contributed by atoms with E-state index in [-0.39, 0.29) is 23.0 Å². The molecule has 0 unspecified atom stereocenters. The topological polar surface area (TPSA) is 18.5 Å². The van der Waals surface area contributed by atoms with Gasteiger partial charge in [-0.15, -0.1) is 0 Å². The fraction of sp³-hybridized carbons (Fsp3) is 0.333. The normalized spacial score (nSPS) is 19.7. The third kappa shape index (κ3) is 4.96. The summed E-state index contributed by atoms with van der Waals surface area (Å²) in [6.07, 6.45) is 8.65. The van der Waals surface area contributed by atoms with Crippen molar-refractivity contribution in [3.8, 4) is 0 Å². The number of benzene rings is 4. The van der Waals surface area contributed by atoms with Crippen molar-refractivity contribution in [1.82, 2.24) is 0 Å². The van der Waals surface area contributed by atoms with Crippen molar-refractivity contribution in [1.29, 1.82) is 0 Å². The van der Waals surface area contributed by atoms with Crippen molar-refractivity contribution in [3.05, 3.63) is 144 Å². The van der Waals surface area contributed by atoms with Gasteiger partial charge in [-0.3, -0.25) is 0 Å². The maximum Gasteiger partial charge on any atom is 0.0931 e. The molecule has 2 saturated carbocycles. The summed E-state index contributed by atoms with van der Waals surface area (Å²) >= 11 is 0. The molecule has 4 aromatic carbocycles. The Morgan fingerprint density at radius 2 is 0.605 bits per heavy atom. The lowest BCUT2D eigenvalue weighted by Crippen LogP contribution is -2.38. The van der Waals surface area contributed by atoms with E-state index in [0.29, 0.717) is 0 Å². The van der Waals surface area contributed by atoms with Crippen LogP contribution in [0.1, 0.15) is 73.6 Å². The summed E-state index contributed by atoms with van der Waals surface area (Å²) in [6.45, 7) is 0. The number of hydrogen-bond donors (Lipinski definition) is 0. The van der Waals surface area contributed by atoms with Crippen molar-refractivity contribution in [2.45, 2.75) is 74.4 Å². The standard InChI is InChI=1S/C36H38O2/c1-5-13-29(14-6-1)35(30-15-7-2-8-16-30)25-21-33(22-26-35)37-38-34-23-27-36(28-24-34,31-17-9-3-10-18-31)32-19-11-4-12-20-32/h1-20,33-34H,21-28H2. The smallest absolute Gasteiger partial charge is 0.0931 e. The Balaban J connectivity index is 1.09. The zero-order valence-corrected chi connectivity index (χ0v) is 22.2. The Morgan fingerprint density at radius 1 is 0.368 bits per heavy atom. The highest BCUT2D eigenvalue weighted by atomic mass is 17.2. The van der Waals surface area contributed by atoms with Crippen molar-refractivity contribution >= 4 is 0 Å². The van der Waals surface area contributed by atoms with Crippen molar-refractivity contribution < 1.29 is 9.78 Å². The van der Waals surface area contributed by atoms with E-state index in [4.69, 9.17) is 9.78 Å². The quantitative estimate of drug-likeness (QED) is 0.186. The molecule has 194 valence electrons. The molecule has 2 heteroatoms. The third-order valence-electron chi connectivity index (χ3n) is 9.21. The molecule has 2 aliphatic carbocycles. The van der Waals surface area contributed by atoms with Gasteiger partial charge in [0.05, 0.1) is 12.2 Å². The highest BCUT2D eigenvalue weighted by Crippen LogP contribution is 2.47. The van der Waals surface area contributed by atoms with E-state index < -0.39 is 0 Å². The first-order valence-electron chi connectivity index (χ1n) is 14.3. The second-order valence-electron chi connectivity index (χ2n) is 11.2. The Labute approximate surface area is 227 Å². The van der Waals surface area contributed by atoms with Crippen LogP contribution in [0.5, 0.6) is 0 Å². The zero-order chi connectivity index (χ0) is 25.7. The van der Waals surface area contributed by atoms with Gasteiger partial charge >= 0.3 is 0 Å². The summed E-state index contributed by atoms with van der Waals surface area (Å²) in [4.78, 5) is 12.3. The minimum absolute atomic E-state index is 0.0538. The molecular weight excluding hydrogens is 464 g/mol. The number of hydrogen-bond acceptors (Lipinski definition) is 2. The van der Waals surface area contributed by atoms with Gasteiger partial charge in [0, 0.05) is 10.8 Å². The molecule has 0 amide bonds. The largest absolute Gasteiger partial charge is 0.233 e. The van der Waals surface area contributed by atoms with Gasteiger partial charge in [-0.1, -0.05) is 121 Å². The lowest BCUT2D eigenvalue weighted by molar-refractivity contribution is -0.359. The molecule has 2 fully saturated rings. The van der Waals surface area contributed by atoms with Gasteiger partial charge in [-0.05, 0) is 73.6 Å². The van der Waals surface area contributed by atoms with Gasteiger partial charge in [-0.2, -0.15) is 0 Å². The van der Waals surface area contributed by atoms with E-state index >= 15 is 0 Å². The molecule has 0 aliphatic heterocycles. The van der Waals surface area contributed by atoms with Gasteiger partial charge < -0.3 is 0 Å². The molecule has 0 heterocycles. The molecule has 6 rings (SSSR count). The van der Waals surface area contributed by atoms with Crippen LogP contribution in [-0.4, -0.2) is 12.2 Å². The Kier molecular flexibility index (Phi) is 7.44. The van der Waals surface area contributed by atoms with Crippen molar-refractivity contribution in [2.24, 2.45) is 0 Å². The Hall–Kier alpha value is -3.20. The van der Waals surface area contributed by atoms with Gasteiger partial charge in [0.15, 0.2) is 0 Å². The van der Waals surface area contributed by atoms with Crippen molar-refractivity contribution in [3.63, 3.8) is 0 Å².